The number of hydrogen-bond donors (Lipinski definition) is 0. The van der Waals surface area contributed by atoms with Crippen LogP contribution in [0.2, 0.25) is 0 Å². The van der Waals surface area contributed by atoms with E-state index in [1.165, 1.54) is 27.8 Å². The summed E-state index contributed by atoms with van der Waals surface area (Å²) in [7, 11) is 0. The van der Waals surface area contributed by atoms with Crippen molar-refractivity contribution in [2.45, 2.75) is 78.6 Å². The van der Waals surface area contributed by atoms with Crippen LogP contribution in [0.5, 0.6) is 11.5 Å². The second-order valence-corrected chi connectivity index (χ2v) is 26.3. The molecule has 85 heavy (non-hydrogen) atoms. The van der Waals surface area contributed by atoms with Crippen LogP contribution >= 0.6 is 0 Å². The molecule has 422 valence electrons. The normalized spacial score (nSPS) is 12.6. The minimum absolute atomic E-state index is 0.0965. The molecule has 12 aromatic rings. The Morgan fingerprint density at radius 1 is 0.341 bits per heavy atom. The van der Waals surface area contributed by atoms with Crippen LogP contribution in [0.25, 0.3) is 66.9 Å². The second kappa shape index (κ2) is 21.8. The van der Waals surface area contributed by atoms with E-state index in [0.29, 0.717) is 11.5 Å². The molecule has 0 N–H and O–H groups in total. The molecule has 0 bridgehead atoms. The summed E-state index contributed by atoms with van der Waals surface area (Å²) in [6.07, 6.45) is 1.96. The molecule has 7 heteroatoms. The maximum atomic E-state index is 7.25. The van der Waals surface area contributed by atoms with Gasteiger partial charge >= 0.3 is 332 Å². The molecular weight excluding hydrogens is 1220 g/mol. The molecule has 0 saturated carbocycles. The zero-order valence-electron chi connectivity index (χ0n) is 49.7. The predicted octanol–water partition coefficient (Wildman–Crippen LogP) is 21.5. The Hall–Kier alpha value is -9.09. The van der Waals surface area contributed by atoms with Crippen LogP contribution in [-0.4, -0.2) is 14.1 Å². The average Bonchev–Trinajstić information content (AvgIpc) is 2.32. The molecule has 0 aliphatic carbocycles. The average molecular weight is 1290 g/mol. The number of nitrogens with zero attached hydrogens (tertiary/aromatic N) is 5. The van der Waals surface area contributed by atoms with Crippen molar-refractivity contribution in [3.05, 3.63) is 275 Å². The summed E-state index contributed by atoms with van der Waals surface area (Å²) in [5.41, 5.74) is 21.7. The van der Waals surface area contributed by atoms with E-state index in [0.717, 1.165) is 93.8 Å². The van der Waals surface area contributed by atoms with E-state index in [9.17, 15) is 0 Å². The van der Waals surface area contributed by atoms with Gasteiger partial charge in [0.05, 0.1) is 5.69 Å². The van der Waals surface area contributed by atoms with Crippen molar-refractivity contribution in [1.82, 2.24) is 14.1 Å². The van der Waals surface area contributed by atoms with Gasteiger partial charge in [0.1, 0.15) is 0 Å². The summed E-state index contributed by atoms with van der Waals surface area (Å²) in [6, 6.07) is 90.2. The molecule has 1 aliphatic heterocycles. The number of rotatable bonds is 8. The van der Waals surface area contributed by atoms with Gasteiger partial charge in [-0.25, -0.2) is 0 Å². The molecule has 0 saturated heterocycles. The molecule has 6 nitrogen and oxygen atoms in total. The third-order valence-electron chi connectivity index (χ3n) is 16.4. The molecule has 0 spiro atoms. The van der Waals surface area contributed by atoms with Crippen LogP contribution in [0.4, 0.5) is 34.3 Å². The molecule has 2 aromatic heterocycles. The van der Waals surface area contributed by atoms with Crippen LogP contribution in [0.3, 0.4) is 0 Å². The first-order valence-corrected chi connectivity index (χ1v) is 30.5. The summed E-state index contributed by atoms with van der Waals surface area (Å²) in [6.45, 7) is 20.6. The standard InChI is InChI=1S/C78H69N5O.Pt/c1-76(2,3)55-40-43-70-67(46-55)63-35-20-22-37-69(63)82(58-30-17-12-18-31-58)68-36-21-19-34-62(68)64-42-41-61(51-73(64)83(70)74-49-56(44-45-79-74)77(4,5)6)84-60-33-25-32-59(50-60)80-52-81(72-39-24-23-38-71(72)80)75-65(53-26-13-10-14-27-53)47-57(78(7,8)9)48-66(75)54-28-15-11-16-29-54;/h10-51H,1-9H3;. The van der Waals surface area contributed by atoms with E-state index >= 15 is 0 Å². The van der Waals surface area contributed by atoms with Gasteiger partial charge < -0.3 is 4.90 Å². The van der Waals surface area contributed by atoms with E-state index in [-0.39, 0.29) is 16.2 Å². The van der Waals surface area contributed by atoms with Crippen LogP contribution in [-0.2, 0) is 35.6 Å². The molecule has 0 amide bonds. The van der Waals surface area contributed by atoms with E-state index < -0.39 is 0 Å². The summed E-state index contributed by atoms with van der Waals surface area (Å²) >= 11 is 2.54. The Labute approximate surface area is 511 Å². The van der Waals surface area contributed by atoms with E-state index in [1.807, 2.05) is 6.20 Å². The Morgan fingerprint density at radius 3 is 1.44 bits per heavy atom. The van der Waals surface area contributed by atoms with E-state index in [1.54, 1.807) is 0 Å². The quantitative estimate of drug-likeness (QED) is 0.152. The van der Waals surface area contributed by atoms with Gasteiger partial charge in [-0.15, -0.1) is 0 Å². The van der Waals surface area contributed by atoms with Gasteiger partial charge in [0.15, 0.2) is 0 Å². The van der Waals surface area contributed by atoms with Crippen LogP contribution in [0.1, 0.15) is 79.0 Å². The van der Waals surface area contributed by atoms with Crippen molar-refractivity contribution in [1.29, 1.82) is 0 Å². The van der Waals surface area contributed by atoms with Crippen LogP contribution in [0.15, 0.2) is 255 Å². The molecular formula is C78H69N5OPt. The van der Waals surface area contributed by atoms with Gasteiger partial charge in [-0.2, -0.15) is 0 Å². The summed E-state index contributed by atoms with van der Waals surface area (Å²) < 4.78 is 13.1. The number of fused-ring (bicyclic) bond motifs is 7. The number of anilines is 6. The molecule has 13 rings (SSSR count). The van der Waals surface area contributed by atoms with Gasteiger partial charge in [0.25, 0.3) is 0 Å². The van der Waals surface area contributed by atoms with Gasteiger partial charge in [-0.05, 0) is 58.4 Å². The number of aromatic nitrogens is 3. The molecule has 1 aliphatic rings. The second-order valence-electron chi connectivity index (χ2n) is 25.3. The Balaban J connectivity index is 1.02. The van der Waals surface area contributed by atoms with Crippen molar-refractivity contribution in [2.24, 2.45) is 0 Å². The van der Waals surface area contributed by atoms with E-state index in [2.05, 4.69) is 349 Å². The van der Waals surface area contributed by atoms with Crippen molar-refractivity contribution in [3.63, 3.8) is 0 Å². The predicted molar refractivity (Wildman–Crippen MR) is 351 cm³/mol. The topological polar surface area (TPSA) is 38.5 Å². The van der Waals surface area contributed by atoms with Gasteiger partial charge in [-0.1, -0.05) is 96.1 Å². The summed E-state index contributed by atoms with van der Waals surface area (Å²) in [5, 5.41) is 0. The van der Waals surface area contributed by atoms with E-state index in [4.69, 9.17) is 9.72 Å². The zero-order valence-corrected chi connectivity index (χ0v) is 52.0. The van der Waals surface area contributed by atoms with Gasteiger partial charge in [0.2, 0.25) is 0 Å². The summed E-state index contributed by atoms with van der Waals surface area (Å²) in [4.78, 5) is 10.1. The first kappa shape index (κ1) is 55.1. The Kier molecular flexibility index (Phi) is 14.2. The van der Waals surface area contributed by atoms with Crippen molar-refractivity contribution >= 4 is 45.3 Å². The van der Waals surface area contributed by atoms with Gasteiger partial charge in [-0.3, -0.25) is 0 Å². The monoisotopic (exact) mass is 1290 g/mol. The molecule has 0 unspecified atom stereocenters. The molecule has 0 radical (unpaired) electrons. The Bertz CT molecular complexity index is 4480. The fourth-order valence-electron chi connectivity index (χ4n) is 11.9. The van der Waals surface area contributed by atoms with Crippen LogP contribution in [0, 0.1) is 3.80 Å². The third kappa shape index (κ3) is 10.4. The maximum absolute atomic E-state index is 7.25. The number of pyridine rings is 1. The minimum atomic E-state index is -0.144. The van der Waals surface area contributed by atoms with Crippen molar-refractivity contribution < 1.29 is 24.1 Å². The number of imidazole rings is 1. The Morgan fingerprint density at radius 2 is 0.824 bits per heavy atom. The first-order valence-electron chi connectivity index (χ1n) is 29.3. The van der Waals surface area contributed by atoms with Gasteiger partial charge in [0, 0.05) is 17.4 Å². The van der Waals surface area contributed by atoms with Crippen LogP contribution < -0.4 is 14.5 Å². The molecule has 0 atom stereocenters. The van der Waals surface area contributed by atoms with Crippen molar-refractivity contribution in [2.75, 3.05) is 9.80 Å². The number of benzene rings is 10. The number of ether oxygens (including phenoxy) is 1. The number of hydrogen-bond acceptors (Lipinski definition) is 4. The third-order valence-corrected chi connectivity index (χ3v) is 17.4. The molecule has 10 aromatic carbocycles. The SMILES string of the molecule is CC(C)(C)c1ccnc(N2c3ccc(C(C)(C)C)cc3-c3ccccc3N(c3ccccc3)c3ccccc3-c3ccc(Oc4cccc(-n5[c](=[Pt])n(-c6c(-c7ccccc7)cc(C(C)(C)C)cc6-c6ccccc6)c6ccccc65)c4)cc32)c1. The molecule has 3 heterocycles. The van der Waals surface area contributed by atoms with Crippen molar-refractivity contribution in [3.8, 4) is 67.4 Å². The zero-order chi connectivity index (χ0) is 58.8. The summed E-state index contributed by atoms with van der Waals surface area (Å²) in [5.74, 6) is 2.22. The fourth-order valence-corrected chi connectivity index (χ4v) is 13.0. The molecule has 0 fully saturated rings. The first-order chi connectivity index (χ1) is 41.0. The number of para-hydroxylation sites is 5. The fraction of sp³-hybridized carbons (Fsp3) is 0.154.